The number of hydrogen-bond donors (Lipinski definition) is 0. The number of pyridine rings is 1. The molecular formula is C17H18N2O. The Kier molecular flexibility index (Phi) is 2.97. The Labute approximate surface area is 118 Å². The van der Waals surface area contributed by atoms with Gasteiger partial charge in [-0.25, -0.2) is 4.98 Å². The molecule has 0 aliphatic rings. The van der Waals surface area contributed by atoms with Crippen molar-refractivity contribution in [3.05, 3.63) is 53.3 Å². The van der Waals surface area contributed by atoms with Crippen molar-refractivity contribution in [1.82, 2.24) is 9.38 Å². The van der Waals surface area contributed by atoms with Crippen molar-refractivity contribution < 1.29 is 4.74 Å². The zero-order valence-corrected chi connectivity index (χ0v) is 12.3. The topological polar surface area (TPSA) is 26.5 Å². The molecule has 0 radical (unpaired) electrons. The quantitative estimate of drug-likeness (QED) is 0.702. The number of hydrogen-bond acceptors (Lipinski definition) is 2. The maximum Gasteiger partial charge on any atom is 0.137 e. The van der Waals surface area contributed by atoms with Crippen LogP contribution in [0.2, 0.25) is 0 Å². The molecule has 3 nitrogen and oxygen atoms in total. The van der Waals surface area contributed by atoms with Crippen LogP contribution in [0.25, 0.3) is 16.9 Å². The third-order valence-electron chi connectivity index (χ3n) is 3.79. The molecule has 1 aromatic carbocycles. The second-order valence-electron chi connectivity index (χ2n) is 5.16. The van der Waals surface area contributed by atoms with Crippen molar-refractivity contribution in [2.75, 3.05) is 7.11 Å². The first-order valence-electron chi connectivity index (χ1n) is 6.70. The lowest BCUT2D eigenvalue weighted by Crippen LogP contribution is -1.91. The van der Waals surface area contributed by atoms with Gasteiger partial charge in [0.15, 0.2) is 0 Å². The van der Waals surface area contributed by atoms with E-state index < -0.39 is 0 Å². The van der Waals surface area contributed by atoms with Gasteiger partial charge in [0.25, 0.3) is 0 Å². The minimum absolute atomic E-state index is 0.870. The first-order chi connectivity index (χ1) is 9.60. The molecule has 20 heavy (non-hydrogen) atoms. The maximum atomic E-state index is 5.51. The van der Waals surface area contributed by atoms with Crippen LogP contribution < -0.4 is 4.74 Å². The van der Waals surface area contributed by atoms with Crippen molar-refractivity contribution in [3.63, 3.8) is 0 Å². The van der Waals surface area contributed by atoms with Crippen molar-refractivity contribution in [2.24, 2.45) is 0 Å². The molecule has 0 bridgehead atoms. The van der Waals surface area contributed by atoms with Gasteiger partial charge in [0.1, 0.15) is 11.4 Å². The van der Waals surface area contributed by atoms with Gasteiger partial charge in [-0.15, -0.1) is 0 Å². The zero-order valence-electron chi connectivity index (χ0n) is 12.3. The Morgan fingerprint density at radius 1 is 1.05 bits per heavy atom. The predicted molar refractivity (Wildman–Crippen MR) is 81.4 cm³/mol. The minimum atomic E-state index is 0.870. The summed E-state index contributed by atoms with van der Waals surface area (Å²) in [5, 5.41) is 0. The third kappa shape index (κ3) is 1.95. The minimum Gasteiger partial charge on any atom is -0.496 e. The molecule has 102 valence electrons. The van der Waals surface area contributed by atoms with E-state index in [2.05, 4.69) is 49.6 Å². The zero-order chi connectivity index (χ0) is 14.3. The van der Waals surface area contributed by atoms with Crippen LogP contribution in [0.4, 0.5) is 0 Å². The molecular weight excluding hydrogens is 248 g/mol. The molecule has 2 heterocycles. The summed E-state index contributed by atoms with van der Waals surface area (Å²) in [5.41, 5.74) is 6.59. The highest BCUT2D eigenvalue weighted by Crippen LogP contribution is 2.32. The largest absolute Gasteiger partial charge is 0.496 e. The molecule has 0 saturated carbocycles. The fourth-order valence-electron chi connectivity index (χ4n) is 2.44. The van der Waals surface area contributed by atoms with E-state index in [4.69, 9.17) is 9.72 Å². The lowest BCUT2D eigenvalue weighted by Gasteiger charge is -2.09. The summed E-state index contributed by atoms with van der Waals surface area (Å²) in [7, 11) is 1.70. The standard InChI is InChI=1S/C17H18N2O/c1-11-8-14(16(20-4)9-12(11)2)15-10-19-13(3)6-5-7-17(19)18-15/h5-10H,1-4H3. The van der Waals surface area contributed by atoms with E-state index in [1.54, 1.807) is 7.11 Å². The van der Waals surface area contributed by atoms with Gasteiger partial charge in [0.05, 0.1) is 12.8 Å². The van der Waals surface area contributed by atoms with E-state index in [0.717, 1.165) is 22.7 Å². The van der Waals surface area contributed by atoms with Gasteiger partial charge in [-0.1, -0.05) is 6.07 Å². The number of ether oxygens (including phenoxy) is 1. The first kappa shape index (κ1) is 12.7. The smallest absolute Gasteiger partial charge is 0.137 e. The number of fused-ring (bicyclic) bond motifs is 1. The van der Waals surface area contributed by atoms with Crippen molar-refractivity contribution in [3.8, 4) is 17.0 Å². The Morgan fingerprint density at radius 2 is 1.80 bits per heavy atom. The average Bonchev–Trinajstić information content (AvgIpc) is 2.86. The van der Waals surface area contributed by atoms with Crippen molar-refractivity contribution in [1.29, 1.82) is 0 Å². The summed E-state index contributed by atoms with van der Waals surface area (Å²) in [6.45, 7) is 6.28. The fourth-order valence-corrected chi connectivity index (χ4v) is 2.44. The second-order valence-corrected chi connectivity index (χ2v) is 5.16. The number of rotatable bonds is 2. The average molecular weight is 266 g/mol. The summed E-state index contributed by atoms with van der Waals surface area (Å²) in [4.78, 5) is 4.71. The number of aromatic nitrogens is 2. The lowest BCUT2D eigenvalue weighted by molar-refractivity contribution is 0.416. The molecule has 3 heteroatoms. The summed E-state index contributed by atoms with van der Waals surface area (Å²) in [6, 6.07) is 10.3. The molecule has 0 atom stereocenters. The number of benzene rings is 1. The highest BCUT2D eigenvalue weighted by molar-refractivity contribution is 5.71. The van der Waals surface area contributed by atoms with Gasteiger partial charge in [0.2, 0.25) is 0 Å². The third-order valence-corrected chi connectivity index (χ3v) is 3.79. The molecule has 0 saturated heterocycles. The Morgan fingerprint density at radius 3 is 2.50 bits per heavy atom. The molecule has 0 spiro atoms. The summed E-state index contributed by atoms with van der Waals surface area (Å²) in [5.74, 6) is 0.870. The molecule has 0 N–H and O–H groups in total. The van der Waals surface area contributed by atoms with Crippen LogP contribution in [0.5, 0.6) is 5.75 Å². The first-order valence-corrected chi connectivity index (χ1v) is 6.70. The van der Waals surface area contributed by atoms with E-state index in [1.165, 1.54) is 16.8 Å². The van der Waals surface area contributed by atoms with Crippen LogP contribution in [-0.4, -0.2) is 16.5 Å². The summed E-state index contributed by atoms with van der Waals surface area (Å²) in [6.07, 6.45) is 2.07. The van der Waals surface area contributed by atoms with E-state index in [9.17, 15) is 0 Å². The number of aryl methyl sites for hydroxylation is 3. The highest BCUT2D eigenvalue weighted by Gasteiger charge is 2.12. The molecule has 0 fully saturated rings. The lowest BCUT2D eigenvalue weighted by atomic mass is 10.0. The van der Waals surface area contributed by atoms with Crippen LogP contribution in [0.15, 0.2) is 36.5 Å². The predicted octanol–water partition coefficient (Wildman–Crippen LogP) is 3.94. The number of methoxy groups -OCH3 is 1. The Balaban J connectivity index is 2.25. The molecule has 0 aliphatic carbocycles. The van der Waals surface area contributed by atoms with Gasteiger partial charge in [-0.3, -0.25) is 0 Å². The molecule has 2 aromatic heterocycles. The fraction of sp³-hybridized carbons (Fsp3) is 0.235. The number of nitrogens with zero attached hydrogens (tertiary/aromatic N) is 2. The normalized spacial score (nSPS) is 11.0. The monoisotopic (exact) mass is 266 g/mol. The van der Waals surface area contributed by atoms with E-state index >= 15 is 0 Å². The van der Waals surface area contributed by atoms with Crippen molar-refractivity contribution in [2.45, 2.75) is 20.8 Å². The van der Waals surface area contributed by atoms with E-state index in [1.807, 2.05) is 12.1 Å². The van der Waals surface area contributed by atoms with Gasteiger partial charge in [-0.05, 0) is 56.2 Å². The Hall–Kier alpha value is -2.29. The van der Waals surface area contributed by atoms with Gasteiger partial charge in [-0.2, -0.15) is 0 Å². The van der Waals surface area contributed by atoms with E-state index in [-0.39, 0.29) is 0 Å². The summed E-state index contributed by atoms with van der Waals surface area (Å²) >= 11 is 0. The van der Waals surface area contributed by atoms with Gasteiger partial charge >= 0.3 is 0 Å². The second kappa shape index (κ2) is 4.67. The van der Waals surface area contributed by atoms with Crippen LogP contribution in [0.1, 0.15) is 16.8 Å². The summed E-state index contributed by atoms with van der Waals surface area (Å²) < 4.78 is 7.61. The maximum absolute atomic E-state index is 5.51. The molecule has 0 aliphatic heterocycles. The molecule has 3 aromatic rings. The highest BCUT2D eigenvalue weighted by atomic mass is 16.5. The molecule has 3 rings (SSSR count). The van der Waals surface area contributed by atoms with Crippen LogP contribution >= 0.6 is 0 Å². The van der Waals surface area contributed by atoms with Crippen LogP contribution in [-0.2, 0) is 0 Å². The SMILES string of the molecule is COc1cc(C)c(C)cc1-c1cn2c(C)cccc2n1. The van der Waals surface area contributed by atoms with Gasteiger partial charge in [0, 0.05) is 17.5 Å². The number of imidazole rings is 1. The van der Waals surface area contributed by atoms with Crippen LogP contribution in [0, 0.1) is 20.8 Å². The van der Waals surface area contributed by atoms with Gasteiger partial charge < -0.3 is 9.14 Å². The van der Waals surface area contributed by atoms with Crippen LogP contribution in [0.3, 0.4) is 0 Å². The Bertz CT molecular complexity index is 787. The molecule has 0 unspecified atom stereocenters. The van der Waals surface area contributed by atoms with E-state index in [0.29, 0.717) is 0 Å². The van der Waals surface area contributed by atoms with Crippen molar-refractivity contribution >= 4 is 5.65 Å². The molecule has 0 amide bonds.